The number of ketones is 2. The van der Waals surface area contributed by atoms with E-state index in [1.807, 2.05) is 0 Å². The zero-order valence-corrected chi connectivity index (χ0v) is 27.2. The van der Waals surface area contributed by atoms with Crippen molar-refractivity contribution < 1.29 is 30.8 Å². The summed E-state index contributed by atoms with van der Waals surface area (Å²) in [7, 11) is -6.50. The molecular weight excluding hydrogens is 651 g/mol. The van der Waals surface area contributed by atoms with E-state index in [2.05, 4.69) is 9.97 Å². The molecule has 2 aliphatic rings. The van der Waals surface area contributed by atoms with Crippen molar-refractivity contribution in [1.29, 1.82) is 0 Å². The van der Waals surface area contributed by atoms with Gasteiger partial charge in [-0.15, -0.1) is 0 Å². The fraction of sp³-hybridized carbons (Fsp3) is 0.176. The van der Waals surface area contributed by atoms with E-state index in [0.717, 1.165) is 34.7 Å². The third-order valence-corrected chi connectivity index (χ3v) is 10.1. The van der Waals surface area contributed by atoms with Crippen LogP contribution in [0, 0.1) is 5.82 Å². The fourth-order valence-corrected chi connectivity index (χ4v) is 6.71. The molecule has 8 nitrogen and oxygen atoms in total. The molecule has 2 aromatic carbocycles. The van der Waals surface area contributed by atoms with Crippen LogP contribution < -0.4 is 0 Å². The highest BCUT2D eigenvalue weighted by molar-refractivity contribution is 7.91. The summed E-state index contributed by atoms with van der Waals surface area (Å²) in [5, 5.41) is 0.513. The first-order chi connectivity index (χ1) is 21.7. The summed E-state index contributed by atoms with van der Waals surface area (Å²) < 4.78 is 59.2. The lowest BCUT2D eigenvalue weighted by molar-refractivity contribution is -0.114. The number of halogens is 2. The summed E-state index contributed by atoms with van der Waals surface area (Å²) in [6.07, 6.45) is 6.90. The van der Waals surface area contributed by atoms with Gasteiger partial charge in [0.2, 0.25) is 0 Å². The Labute approximate surface area is 271 Å². The normalized spacial score (nSPS) is 15.3. The number of carbonyl (C=O) groups excluding carboxylic acids is 2. The molecule has 0 N–H and O–H groups in total. The van der Waals surface area contributed by atoms with Gasteiger partial charge in [-0.25, -0.2) is 21.2 Å². The van der Waals surface area contributed by atoms with Crippen molar-refractivity contribution in [2.45, 2.75) is 35.5 Å². The molecule has 12 heteroatoms. The molecule has 0 amide bonds. The first-order valence-electron chi connectivity index (χ1n) is 14.1. The number of hydrogen-bond acceptors (Lipinski definition) is 8. The minimum atomic E-state index is -3.26. The summed E-state index contributed by atoms with van der Waals surface area (Å²) in [5.74, 6) is -0.452. The highest BCUT2D eigenvalue weighted by Gasteiger charge is 2.27. The molecule has 0 spiro atoms. The molecule has 236 valence electrons. The molecule has 0 radical (unpaired) electrons. The van der Waals surface area contributed by atoms with E-state index in [1.165, 1.54) is 36.7 Å². The number of sulfone groups is 2. The molecule has 0 saturated heterocycles. The summed E-state index contributed by atoms with van der Waals surface area (Å²) in [6.45, 7) is 0. The van der Waals surface area contributed by atoms with Gasteiger partial charge < -0.3 is 0 Å². The number of Topliss-reactive ketones (excluding diaryl/α,β-unsaturated/α-hetero) is 2. The molecule has 0 saturated carbocycles. The maximum atomic E-state index is 13.0. The van der Waals surface area contributed by atoms with E-state index in [4.69, 9.17) is 11.6 Å². The predicted octanol–water partition coefficient (Wildman–Crippen LogP) is 6.31. The van der Waals surface area contributed by atoms with Gasteiger partial charge >= 0.3 is 0 Å². The van der Waals surface area contributed by atoms with Crippen LogP contribution in [-0.2, 0) is 29.3 Å². The number of carbonyl (C=O) groups is 2. The second-order valence-electron chi connectivity index (χ2n) is 10.9. The van der Waals surface area contributed by atoms with Gasteiger partial charge in [0.25, 0.3) is 0 Å². The van der Waals surface area contributed by atoms with Crippen LogP contribution in [-0.4, -0.2) is 50.9 Å². The Hall–Kier alpha value is -4.32. The smallest absolute Gasteiger partial charge is 0.175 e. The maximum absolute atomic E-state index is 13.0. The lowest BCUT2D eigenvalue weighted by Gasteiger charge is -2.07. The molecule has 4 aromatic rings. The number of allylic oxidation sites excluding steroid dienone is 4. The third kappa shape index (κ3) is 7.38. The van der Waals surface area contributed by atoms with E-state index in [-0.39, 0.29) is 21.4 Å². The van der Waals surface area contributed by atoms with Crippen molar-refractivity contribution in [1.82, 2.24) is 9.97 Å². The van der Waals surface area contributed by atoms with Gasteiger partial charge in [0.1, 0.15) is 5.82 Å². The van der Waals surface area contributed by atoms with Crippen molar-refractivity contribution >= 4 is 65.1 Å². The van der Waals surface area contributed by atoms with Gasteiger partial charge in [0.05, 0.1) is 32.4 Å². The summed E-state index contributed by atoms with van der Waals surface area (Å²) >= 11 is 5.85. The topological polar surface area (TPSA) is 128 Å². The first-order valence-corrected chi connectivity index (χ1v) is 18.3. The minimum Gasteiger partial charge on any atom is -0.294 e. The number of hydrogen-bond donors (Lipinski definition) is 0. The monoisotopic (exact) mass is 678 g/mol. The molecule has 0 fully saturated rings. The Balaban J connectivity index is 0.000000181. The Morgan fingerprint density at radius 1 is 0.587 bits per heavy atom. The van der Waals surface area contributed by atoms with Gasteiger partial charge in [-0.1, -0.05) is 35.9 Å². The first kappa shape index (κ1) is 33.1. The number of aromatic nitrogens is 2. The Kier molecular flexibility index (Phi) is 9.48. The fourth-order valence-electron chi connectivity index (χ4n) is 5.34. The third-order valence-electron chi connectivity index (χ3n) is 7.59. The van der Waals surface area contributed by atoms with Gasteiger partial charge in [0, 0.05) is 42.7 Å². The molecule has 2 aromatic heterocycles. The predicted molar refractivity (Wildman–Crippen MR) is 175 cm³/mol. The van der Waals surface area contributed by atoms with Crippen molar-refractivity contribution in [3.63, 3.8) is 0 Å². The highest BCUT2D eigenvalue weighted by atomic mass is 35.5. The zero-order chi connectivity index (χ0) is 33.2. The second-order valence-corrected chi connectivity index (χ2v) is 15.3. The van der Waals surface area contributed by atoms with Crippen LogP contribution in [0.3, 0.4) is 0 Å². The Morgan fingerprint density at radius 3 is 1.35 bits per heavy atom. The van der Waals surface area contributed by atoms with Crippen molar-refractivity contribution in [2.24, 2.45) is 0 Å². The van der Waals surface area contributed by atoms with Gasteiger partial charge in [0.15, 0.2) is 31.2 Å². The van der Waals surface area contributed by atoms with E-state index in [9.17, 15) is 30.8 Å². The number of rotatable bonds is 6. The molecule has 0 aliphatic heterocycles. The Bertz CT molecular complexity index is 1950. The number of benzene rings is 2. The largest absolute Gasteiger partial charge is 0.294 e. The zero-order valence-electron chi connectivity index (χ0n) is 24.8. The summed E-state index contributed by atoms with van der Waals surface area (Å²) in [4.78, 5) is 33.1. The van der Waals surface area contributed by atoms with Crippen LogP contribution in [0.4, 0.5) is 4.39 Å². The average molecular weight is 679 g/mol. The lowest BCUT2D eigenvalue weighted by Crippen LogP contribution is -1.99. The maximum Gasteiger partial charge on any atom is 0.175 e. The SMILES string of the molecule is CS(=O)(=O)c1ccc(C2=C(c3ccc(Cl)cn3)C(=O)CC2)cc1.CS(=O)(=O)c1ccc(C2=C(c3ccc(F)cn3)C(=O)CC2)cc1. The van der Waals surface area contributed by atoms with Crippen LogP contribution in [0.1, 0.15) is 48.2 Å². The van der Waals surface area contributed by atoms with Crippen LogP contribution in [0.15, 0.2) is 95.0 Å². The van der Waals surface area contributed by atoms with E-state index >= 15 is 0 Å². The highest BCUT2D eigenvalue weighted by Crippen LogP contribution is 2.38. The van der Waals surface area contributed by atoms with Gasteiger partial charge in [-0.2, -0.15) is 0 Å². The van der Waals surface area contributed by atoms with Gasteiger partial charge in [-0.05, 0) is 83.6 Å². The molecule has 6 rings (SSSR count). The minimum absolute atomic E-state index is 0.0358. The van der Waals surface area contributed by atoms with E-state index in [1.54, 1.807) is 48.5 Å². The van der Waals surface area contributed by atoms with Crippen molar-refractivity contribution in [3.8, 4) is 0 Å². The number of nitrogens with zero attached hydrogens (tertiary/aromatic N) is 2. The van der Waals surface area contributed by atoms with Crippen LogP contribution in [0.25, 0.3) is 22.3 Å². The molecule has 2 aliphatic carbocycles. The Morgan fingerprint density at radius 2 is 1.00 bits per heavy atom. The summed E-state index contributed by atoms with van der Waals surface area (Å²) in [6, 6.07) is 19.2. The summed E-state index contributed by atoms with van der Waals surface area (Å²) in [5.41, 5.74) is 5.44. The molecule has 2 heterocycles. The molecule has 46 heavy (non-hydrogen) atoms. The number of pyridine rings is 2. The van der Waals surface area contributed by atoms with E-state index < -0.39 is 25.5 Å². The second kappa shape index (κ2) is 13.2. The standard InChI is InChI=1S/C17H14ClNO3S.C17H14FNO3S/c2*1-23(21,22)13-5-2-11(3-6-13)14-7-9-16(20)17(14)15-8-4-12(18)10-19-15/h2*2-6,8,10H,7,9H2,1H3. The van der Waals surface area contributed by atoms with Crippen LogP contribution >= 0.6 is 11.6 Å². The van der Waals surface area contributed by atoms with Gasteiger partial charge in [-0.3, -0.25) is 19.6 Å². The molecular formula is C34H28ClFN2O6S2. The average Bonchev–Trinajstić information content (AvgIpc) is 3.60. The molecule has 0 unspecified atom stereocenters. The van der Waals surface area contributed by atoms with Crippen LogP contribution in [0.2, 0.25) is 5.02 Å². The quantitative estimate of drug-likeness (QED) is 0.232. The van der Waals surface area contributed by atoms with Crippen molar-refractivity contribution in [3.05, 3.63) is 119 Å². The van der Waals surface area contributed by atoms with Crippen LogP contribution in [0.5, 0.6) is 0 Å². The molecule has 0 bridgehead atoms. The molecule has 0 atom stereocenters. The lowest BCUT2D eigenvalue weighted by atomic mass is 10.00. The van der Waals surface area contributed by atoms with E-state index in [0.29, 0.717) is 53.2 Å². The van der Waals surface area contributed by atoms with Crippen molar-refractivity contribution in [2.75, 3.05) is 12.5 Å².